The minimum Gasteiger partial charge on any atom is -0.469 e. The molecule has 0 saturated carbocycles. The van der Waals surface area contributed by atoms with E-state index in [1.54, 1.807) is 0 Å². The minimum atomic E-state index is -1.61. The van der Waals surface area contributed by atoms with Crippen molar-refractivity contribution in [3.63, 3.8) is 0 Å². The second-order valence-electron chi connectivity index (χ2n) is 4.35. The van der Waals surface area contributed by atoms with Crippen LogP contribution in [0.25, 0.3) is 0 Å². The van der Waals surface area contributed by atoms with Crippen molar-refractivity contribution in [2.24, 2.45) is 0 Å². The van der Waals surface area contributed by atoms with Gasteiger partial charge in [0.15, 0.2) is 0 Å². The Kier molecular flexibility index (Phi) is 5.96. The van der Waals surface area contributed by atoms with Crippen molar-refractivity contribution in [3.8, 4) is 0 Å². The van der Waals surface area contributed by atoms with Crippen molar-refractivity contribution >= 4 is 17.6 Å². The van der Waals surface area contributed by atoms with Crippen molar-refractivity contribution in [3.05, 3.63) is 39.4 Å². The maximum absolute atomic E-state index is 11.5. The predicted octanol–water partition coefficient (Wildman–Crippen LogP) is 0.339. The highest BCUT2D eigenvalue weighted by Crippen LogP contribution is 2.26. The fraction of sp³-hybridized carbons (Fsp3) is 0.385. The fourth-order valence-corrected chi connectivity index (χ4v) is 1.73. The third kappa shape index (κ3) is 4.24. The number of esters is 2. The summed E-state index contributed by atoms with van der Waals surface area (Å²) in [5.74, 6) is -1.59. The number of benzene rings is 1. The Morgan fingerprint density at radius 2 is 1.86 bits per heavy atom. The van der Waals surface area contributed by atoms with E-state index in [2.05, 4.69) is 9.47 Å². The summed E-state index contributed by atoms with van der Waals surface area (Å²) in [6.07, 6.45) is -3.66. The molecule has 1 aromatic carbocycles. The van der Waals surface area contributed by atoms with Gasteiger partial charge in [-0.2, -0.15) is 0 Å². The standard InChI is InChI=1S/C13H15NO8/c1-21-11(16)6-10(15)12(17)7-3-8(13(18)22-2)5-9(4-7)14(19)20/h3-5,10,12,15,17H,6H2,1-2H3. The van der Waals surface area contributed by atoms with Crippen LogP contribution in [0, 0.1) is 10.1 Å². The lowest BCUT2D eigenvalue weighted by atomic mass is 9.99. The van der Waals surface area contributed by atoms with Gasteiger partial charge in [-0.15, -0.1) is 0 Å². The number of methoxy groups -OCH3 is 2. The molecule has 2 N–H and O–H groups in total. The first-order valence-electron chi connectivity index (χ1n) is 6.10. The van der Waals surface area contributed by atoms with Gasteiger partial charge in [0, 0.05) is 12.1 Å². The van der Waals surface area contributed by atoms with E-state index >= 15 is 0 Å². The molecule has 0 fully saturated rings. The Labute approximate surface area is 125 Å². The summed E-state index contributed by atoms with van der Waals surface area (Å²) in [5.41, 5.74) is -0.704. The van der Waals surface area contributed by atoms with E-state index in [9.17, 15) is 29.9 Å². The molecule has 0 saturated heterocycles. The van der Waals surface area contributed by atoms with Crippen LogP contribution in [0.5, 0.6) is 0 Å². The van der Waals surface area contributed by atoms with Gasteiger partial charge in [0.1, 0.15) is 6.10 Å². The number of nitrogens with zero attached hydrogens (tertiary/aromatic N) is 1. The molecule has 2 unspecified atom stereocenters. The van der Waals surface area contributed by atoms with Gasteiger partial charge < -0.3 is 19.7 Å². The molecule has 0 bridgehead atoms. The first-order chi connectivity index (χ1) is 10.3. The highest BCUT2D eigenvalue weighted by Gasteiger charge is 2.25. The van der Waals surface area contributed by atoms with E-state index in [0.717, 1.165) is 32.4 Å². The topological polar surface area (TPSA) is 136 Å². The first-order valence-corrected chi connectivity index (χ1v) is 6.10. The van der Waals surface area contributed by atoms with Gasteiger partial charge in [0.25, 0.3) is 5.69 Å². The van der Waals surface area contributed by atoms with Crippen molar-refractivity contribution in [2.45, 2.75) is 18.6 Å². The second kappa shape index (κ2) is 7.48. The number of rotatable bonds is 6. The second-order valence-corrected chi connectivity index (χ2v) is 4.35. The third-order valence-electron chi connectivity index (χ3n) is 2.88. The Morgan fingerprint density at radius 1 is 1.23 bits per heavy atom. The molecule has 1 rings (SSSR count). The molecule has 22 heavy (non-hydrogen) atoms. The summed E-state index contributed by atoms with van der Waals surface area (Å²) < 4.78 is 8.82. The number of carbonyl (C=O) groups is 2. The number of ether oxygens (including phenoxy) is 2. The molecule has 9 nitrogen and oxygen atoms in total. The molecule has 1 aromatic rings. The Balaban J connectivity index is 3.16. The van der Waals surface area contributed by atoms with Crippen molar-refractivity contribution in [1.29, 1.82) is 0 Å². The molecule has 0 heterocycles. The van der Waals surface area contributed by atoms with Gasteiger partial charge in [-0.1, -0.05) is 0 Å². The SMILES string of the molecule is COC(=O)CC(O)C(O)c1cc(C(=O)OC)cc([N+](=O)[O-])c1. The number of hydrogen-bond acceptors (Lipinski definition) is 8. The number of hydrogen-bond donors (Lipinski definition) is 2. The van der Waals surface area contributed by atoms with Gasteiger partial charge in [0.2, 0.25) is 0 Å². The van der Waals surface area contributed by atoms with Crippen LogP contribution < -0.4 is 0 Å². The molecule has 0 amide bonds. The average molecular weight is 313 g/mol. The summed E-state index contributed by atoms with van der Waals surface area (Å²) in [7, 11) is 2.22. The lowest BCUT2D eigenvalue weighted by Gasteiger charge is -2.17. The first kappa shape index (κ1) is 17.5. The van der Waals surface area contributed by atoms with Crippen molar-refractivity contribution < 1.29 is 34.2 Å². The molecule has 2 atom stereocenters. The Morgan fingerprint density at radius 3 is 2.36 bits per heavy atom. The van der Waals surface area contributed by atoms with E-state index in [-0.39, 0.29) is 11.1 Å². The fourth-order valence-electron chi connectivity index (χ4n) is 1.73. The van der Waals surface area contributed by atoms with Gasteiger partial charge in [0.05, 0.1) is 37.2 Å². The van der Waals surface area contributed by atoms with Gasteiger partial charge in [-0.3, -0.25) is 14.9 Å². The van der Waals surface area contributed by atoms with Crippen LogP contribution in [0.15, 0.2) is 18.2 Å². The van der Waals surface area contributed by atoms with Crippen LogP contribution in [-0.4, -0.2) is 47.4 Å². The van der Waals surface area contributed by atoms with Crippen LogP contribution in [0.1, 0.15) is 28.4 Å². The lowest BCUT2D eigenvalue weighted by molar-refractivity contribution is -0.385. The number of non-ortho nitro benzene ring substituents is 1. The van der Waals surface area contributed by atoms with Crippen LogP contribution in [0.3, 0.4) is 0 Å². The monoisotopic (exact) mass is 313 g/mol. The summed E-state index contributed by atoms with van der Waals surface area (Å²) in [4.78, 5) is 32.7. The normalized spacial score (nSPS) is 13.1. The lowest BCUT2D eigenvalue weighted by Crippen LogP contribution is -2.23. The number of nitro benzene ring substituents is 1. The molecular weight excluding hydrogens is 298 g/mol. The Bertz CT molecular complexity index is 585. The molecular formula is C13H15NO8. The van der Waals surface area contributed by atoms with Crippen LogP contribution in [0.2, 0.25) is 0 Å². The highest BCUT2D eigenvalue weighted by molar-refractivity contribution is 5.90. The minimum absolute atomic E-state index is 0.0917. The predicted molar refractivity (Wildman–Crippen MR) is 72.0 cm³/mol. The van der Waals surface area contributed by atoms with Crippen molar-refractivity contribution in [1.82, 2.24) is 0 Å². The average Bonchev–Trinajstić information content (AvgIpc) is 2.52. The van der Waals surface area contributed by atoms with Crippen molar-refractivity contribution in [2.75, 3.05) is 14.2 Å². The summed E-state index contributed by atoms with van der Waals surface area (Å²) in [6, 6.07) is 3.12. The van der Waals surface area contributed by atoms with E-state index < -0.39 is 41.2 Å². The third-order valence-corrected chi connectivity index (χ3v) is 2.88. The molecule has 0 radical (unpaired) electrons. The van der Waals surface area contributed by atoms with E-state index in [0.29, 0.717) is 0 Å². The molecule has 0 aliphatic heterocycles. The zero-order valence-corrected chi connectivity index (χ0v) is 11.9. The van der Waals surface area contributed by atoms with Gasteiger partial charge >= 0.3 is 11.9 Å². The number of nitro groups is 1. The van der Waals surface area contributed by atoms with Crippen LogP contribution in [-0.2, 0) is 14.3 Å². The maximum atomic E-state index is 11.5. The molecule has 0 aliphatic carbocycles. The number of carbonyl (C=O) groups excluding carboxylic acids is 2. The zero-order chi connectivity index (χ0) is 16.9. The molecule has 0 aromatic heterocycles. The van der Waals surface area contributed by atoms with Gasteiger partial charge in [-0.25, -0.2) is 4.79 Å². The van der Waals surface area contributed by atoms with E-state index in [1.807, 2.05) is 0 Å². The van der Waals surface area contributed by atoms with E-state index in [4.69, 9.17) is 0 Å². The molecule has 9 heteroatoms. The largest absolute Gasteiger partial charge is 0.469 e. The summed E-state index contributed by atoms with van der Waals surface area (Å²) in [6.45, 7) is 0. The smallest absolute Gasteiger partial charge is 0.338 e. The van der Waals surface area contributed by atoms with Crippen LogP contribution >= 0.6 is 0 Å². The summed E-state index contributed by atoms with van der Waals surface area (Å²) >= 11 is 0. The molecule has 0 spiro atoms. The maximum Gasteiger partial charge on any atom is 0.338 e. The number of aliphatic hydroxyl groups is 2. The quantitative estimate of drug-likeness (QED) is 0.436. The zero-order valence-electron chi connectivity index (χ0n) is 11.9. The van der Waals surface area contributed by atoms with Gasteiger partial charge in [-0.05, 0) is 11.6 Å². The van der Waals surface area contributed by atoms with Crippen LogP contribution in [0.4, 0.5) is 5.69 Å². The highest BCUT2D eigenvalue weighted by atomic mass is 16.6. The molecule has 120 valence electrons. The Hall–Kier alpha value is -2.52. The number of aliphatic hydroxyl groups excluding tert-OH is 2. The summed E-state index contributed by atoms with van der Waals surface area (Å²) in [5, 5.41) is 30.6. The molecule has 0 aliphatic rings. The van der Waals surface area contributed by atoms with E-state index in [1.165, 1.54) is 0 Å².